The van der Waals surface area contributed by atoms with Crippen molar-refractivity contribution in [2.75, 3.05) is 5.32 Å². The normalized spacial score (nSPS) is 14.6. The largest absolute Gasteiger partial charge is 0.339 e. The second-order valence-electron chi connectivity index (χ2n) is 9.28. The first-order chi connectivity index (χ1) is 18.3. The number of nitrogens with one attached hydrogen (secondary N) is 1. The Morgan fingerprint density at radius 2 is 1.08 bits per heavy atom. The van der Waals surface area contributed by atoms with E-state index in [2.05, 4.69) is 139 Å². The third-order valence-electron chi connectivity index (χ3n) is 6.91. The topological polar surface area (TPSA) is 24.4 Å². The minimum absolute atomic E-state index is 0.0505. The van der Waals surface area contributed by atoms with Gasteiger partial charge in [0.15, 0.2) is 0 Å². The molecule has 0 spiro atoms. The van der Waals surface area contributed by atoms with Crippen LogP contribution in [0.3, 0.4) is 0 Å². The molecular formula is C34H24N2S. The maximum Gasteiger partial charge on any atom is 0.133 e. The zero-order chi connectivity index (χ0) is 24.6. The lowest BCUT2D eigenvalue weighted by Gasteiger charge is -2.24. The zero-order valence-electron chi connectivity index (χ0n) is 20.1. The maximum atomic E-state index is 5.34. The van der Waals surface area contributed by atoms with Gasteiger partial charge in [-0.15, -0.1) is 11.3 Å². The fourth-order valence-corrected chi connectivity index (χ4v) is 6.32. The molecule has 1 N–H and O–H groups in total. The van der Waals surface area contributed by atoms with E-state index in [-0.39, 0.29) is 6.04 Å². The van der Waals surface area contributed by atoms with E-state index < -0.39 is 0 Å². The van der Waals surface area contributed by atoms with E-state index in [9.17, 15) is 0 Å². The Morgan fingerprint density at radius 3 is 1.73 bits per heavy atom. The molecule has 0 fully saturated rings. The molecule has 3 heteroatoms. The Kier molecular flexibility index (Phi) is 5.41. The number of thiophene rings is 1. The summed E-state index contributed by atoms with van der Waals surface area (Å²) >= 11 is 1.83. The standard InChI is InChI=1S/C34H24N2S/c1-4-12-23(13-5-1)26-20-27(24-14-6-2-7-15-24)22-28(21-26)34-35-31(25-16-8-3-9-17-25)33-32(36-34)29-18-10-11-19-30(29)37-33/h1-22,31H,(H,35,36). The van der Waals surface area contributed by atoms with Gasteiger partial charge in [0.1, 0.15) is 11.9 Å². The first kappa shape index (κ1) is 21.8. The van der Waals surface area contributed by atoms with Crippen LogP contribution in [0.5, 0.6) is 0 Å². The third-order valence-corrected chi connectivity index (χ3v) is 8.13. The first-order valence-electron chi connectivity index (χ1n) is 12.5. The average molecular weight is 493 g/mol. The number of anilines is 1. The molecule has 2 nitrogen and oxygen atoms in total. The van der Waals surface area contributed by atoms with Crippen LogP contribution in [0.25, 0.3) is 32.3 Å². The van der Waals surface area contributed by atoms with Gasteiger partial charge in [0.05, 0.1) is 10.6 Å². The molecule has 0 amide bonds. The first-order valence-corrected chi connectivity index (χ1v) is 13.3. The number of hydrogen-bond donors (Lipinski definition) is 1. The lowest BCUT2D eigenvalue weighted by molar-refractivity contribution is 0.886. The smallest absolute Gasteiger partial charge is 0.133 e. The van der Waals surface area contributed by atoms with Crippen molar-refractivity contribution in [2.45, 2.75) is 6.04 Å². The van der Waals surface area contributed by atoms with Gasteiger partial charge in [-0.05, 0) is 52.1 Å². The molecule has 0 aliphatic carbocycles. The van der Waals surface area contributed by atoms with E-state index >= 15 is 0 Å². The van der Waals surface area contributed by atoms with Crippen molar-refractivity contribution in [1.29, 1.82) is 0 Å². The predicted molar refractivity (Wildman–Crippen MR) is 158 cm³/mol. The van der Waals surface area contributed by atoms with Crippen LogP contribution in [0.4, 0.5) is 5.69 Å². The Hall–Kier alpha value is -4.47. The summed E-state index contributed by atoms with van der Waals surface area (Å²) in [5, 5.41) is 5.00. The number of aliphatic imine (C=N–C) groups is 1. The van der Waals surface area contributed by atoms with Gasteiger partial charge in [-0.3, -0.25) is 4.99 Å². The van der Waals surface area contributed by atoms with E-state index in [1.165, 1.54) is 48.5 Å². The van der Waals surface area contributed by atoms with Gasteiger partial charge in [0.25, 0.3) is 0 Å². The summed E-state index contributed by atoms with van der Waals surface area (Å²) in [6, 6.07) is 47.2. The monoisotopic (exact) mass is 492 g/mol. The number of benzene rings is 5. The van der Waals surface area contributed by atoms with Crippen LogP contribution >= 0.6 is 11.3 Å². The molecule has 5 aromatic carbocycles. The van der Waals surface area contributed by atoms with Gasteiger partial charge in [-0.2, -0.15) is 0 Å². The second kappa shape index (κ2) is 9.20. The molecule has 1 aliphatic rings. The maximum absolute atomic E-state index is 5.34. The van der Waals surface area contributed by atoms with Crippen LogP contribution in [0.2, 0.25) is 0 Å². The summed E-state index contributed by atoms with van der Waals surface area (Å²) in [7, 11) is 0. The second-order valence-corrected chi connectivity index (χ2v) is 10.4. The molecule has 6 aromatic rings. The quantitative estimate of drug-likeness (QED) is 0.261. The minimum atomic E-state index is -0.0505. The Bertz CT molecular complexity index is 1680. The van der Waals surface area contributed by atoms with E-state index in [0.717, 1.165) is 11.4 Å². The molecule has 0 radical (unpaired) electrons. The third kappa shape index (κ3) is 4.04. The lowest BCUT2D eigenvalue weighted by Crippen LogP contribution is -2.21. The van der Waals surface area contributed by atoms with Crippen LogP contribution in [-0.2, 0) is 0 Å². The highest BCUT2D eigenvalue weighted by atomic mass is 32.1. The fourth-order valence-electron chi connectivity index (χ4n) is 5.09. The number of hydrogen-bond acceptors (Lipinski definition) is 3. The Balaban J connectivity index is 1.43. The number of rotatable bonds is 4. The van der Waals surface area contributed by atoms with Crippen molar-refractivity contribution in [3.63, 3.8) is 0 Å². The molecule has 1 aromatic heterocycles. The SMILES string of the molecule is c1ccc(-c2cc(C3=NC(c4ccccc4)c4sc5ccccc5c4N3)cc(-c3ccccc3)c2)cc1. The highest BCUT2D eigenvalue weighted by Crippen LogP contribution is 2.46. The van der Waals surface area contributed by atoms with E-state index in [4.69, 9.17) is 4.99 Å². The van der Waals surface area contributed by atoms with E-state index in [0.29, 0.717) is 0 Å². The molecule has 1 aliphatic heterocycles. The van der Waals surface area contributed by atoms with E-state index in [1.807, 2.05) is 11.3 Å². The number of fused-ring (bicyclic) bond motifs is 3. The van der Waals surface area contributed by atoms with Crippen molar-refractivity contribution < 1.29 is 0 Å². The molecule has 1 unspecified atom stereocenters. The summed E-state index contributed by atoms with van der Waals surface area (Å²) < 4.78 is 1.28. The molecule has 1 atom stereocenters. The summed E-state index contributed by atoms with van der Waals surface area (Å²) in [5.74, 6) is 0.903. The van der Waals surface area contributed by atoms with Gasteiger partial charge in [0.2, 0.25) is 0 Å². The van der Waals surface area contributed by atoms with Gasteiger partial charge < -0.3 is 5.32 Å². The molecule has 2 heterocycles. The molecule has 176 valence electrons. The molecule has 7 rings (SSSR count). The summed E-state index contributed by atoms with van der Waals surface area (Å²) in [4.78, 5) is 6.61. The van der Waals surface area contributed by atoms with Crippen LogP contribution in [0.1, 0.15) is 22.0 Å². The highest BCUT2D eigenvalue weighted by Gasteiger charge is 2.28. The predicted octanol–water partition coefficient (Wildman–Crippen LogP) is 9.20. The minimum Gasteiger partial charge on any atom is -0.339 e. The Labute approximate surface area is 220 Å². The van der Waals surface area contributed by atoms with Crippen LogP contribution < -0.4 is 5.32 Å². The summed E-state index contributed by atoms with van der Waals surface area (Å²) in [5.41, 5.74) is 8.21. The average Bonchev–Trinajstić information content (AvgIpc) is 3.36. The van der Waals surface area contributed by atoms with Gasteiger partial charge >= 0.3 is 0 Å². The van der Waals surface area contributed by atoms with Gasteiger partial charge in [-0.25, -0.2) is 0 Å². The van der Waals surface area contributed by atoms with Crippen molar-refractivity contribution >= 4 is 32.9 Å². The van der Waals surface area contributed by atoms with Gasteiger partial charge in [0, 0.05) is 15.6 Å². The summed E-state index contributed by atoms with van der Waals surface area (Å²) in [6.45, 7) is 0. The number of nitrogens with zero attached hydrogens (tertiary/aromatic N) is 1. The summed E-state index contributed by atoms with van der Waals surface area (Å²) in [6.07, 6.45) is 0. The van der Waals surface area contributed by atoms with Crippen LogP contribution in [0.15, 0.2) is 138 Å². The zero-order valence-corrected chi connectivity index (χ0v) is 21.0. The Morgan fingerprint density at radius 1 is 0.541 bits per heavy atom. The van der Waals surface area contributed by atoms with Crippen molar-refractivity contribution in [1.82, 2.24) is 0 Å². The number of amidine groups is 1. The molecule has 37 heavy (non-hydrogen) atoms. The molecule has 0 saturated carbocycles. The van der Waals surface area contributed by atoms with Gasteiger partial charge in [-0.1, -0.05) is 109 Å². The van der Waals surface area contributed by atoms with Crippen LogP contribution in [-0.4, -0.2) is 5.84 Å². The van der Waals surface area contributed by atoms with Crippen LogP contribution in [0, 0.1) is 0 Å². The van der Waals surface area contributed by atoms with Crippen molar-refractivity contribution in [2.24, 2.45) is 4.99 Å². The van der Waals surface area contributed by atoms with E-state index in [1.54, 1.807) is 0 Å². The lowest BCUT2D eigenvalue weighted by atomic mass is 9.95. The molecule has 0 bridgehead atoms. The van der Waals surface area contributed by atoms with Crippen molar-refractivity contribution in [3.8, 4) is 22.3 Å². The molecular weight excluding hydrogens is 468 g/mol. The molecule has 0 saturated heterocycles. The highest BCUT2D eigenvalue weighted by molar-refractivity contribution is 7.20. The fraction of sp³-hybridized carbons (Fsp3) is 0.0294. The van der Waals surface area contributed by atoms with Crippen molar-refractivity contribution in [3.05, 3.63) is 149 Å².